The molecule has 5 heterocycles. The molecule has 0 saturated carbocycles. The summed E-state index contributed by atoms with van der Waals surface area (Å²) in [5.41, 5.74) is 10.7. The smallest absolute Gasteiger partial charge is 0.340 e. The van der Waals surface area contributed by atoms with Crippen molar-refractivity contribution < 1.29 is 20.4 Å². The predicted octanol–water partition coefficient (Wildman–Crippen LogP) is 11.2. The summed E-state index contributed by atoms with van der Waals surface area (Å²) in [4.78, 5) is 12.6. The second kappa shape index (κ2) is 15.4. The van der Waals surface area contributed by atoms with Crippen molar-refractivity contribution >= 4 is 95.1 Å². The Morgan fingerprint density at radius 1 is 0.500 bits per heavy atom. The molecule has 316 valence electrons. The van der Waals surface area contributed by atoms with E-state index in [1.54, 1.807) is 0 Å². The van der Waals surface area contributed by atoms with Crippen molar-refractivity contribution in [2.45, 2.75) is 19.3 Å². The van der Waals surface area contributed by atoms with Crippen molar-refractivity contribution in [2.24, 2.45) is 0 Å². The van der Waals surface area contributed by atoms with Crippen LogP contribution in [0.1, 0.15) is 25.0 Å². The zero-order valence-corrected chi connectivity index (χ0v) is 38.8. The molecular weight excluding hydrogens is 913 g/mol. The summed E-state index contributed by atoms with van der Waals surface area (Å²) in [5.74, 6) is 0. The molecule has 0 unspecified atom stereocenters. The number of fused-ring (bicyclic) bond motifs is 12. The van der Waals surface area contributed by atoms with Crippen LogP contribution in [0.3, 0.4) is 0 Å². The number of benzene rings is 8. The fourth-order valence-corrected chi connectivity index (χ4v) is 15.7. The summed E-state index contributed by atoms with van der Waals surface area (Å²) in [6.45, 7) is 4.75. The molecule has 0 bridgehead atoms. The molecule has 7 heteroatoms. The van der Waals surface area contributed by atoms with Gasteiger partial charge in [-0.3, -0.25) is 4.98 Å². The minimum atomic E-state index is -3.15. The van der Waals surface area contributed by atoms with Gasteiger partial charge >= 0.3 is 20.4 Å². The van der Waals surface area contributed by atoms with Gasteiger partial charge in [-0.15, -0.1) is 34.8 Å². The first-order valence-corrected chi connectivity index (χ1v) is 24.3. The van der Waals surface area contributed by atoms with Crippen LogP contribution in [0.2, 0.25) is 0 Å². The van der Waals surface area contributed by atoms with E-state index in [0.717, 1.165) is 60.2 Å². The molecule has 0 amide bonds. The monoisotopic (exact) mass is 953 g/mol. The van der Waals surface area contributed by atoms with E-state index in [0.29, 0.717) is 0 Å². The summed E-state index contributed by atoms with van der Waals surface area (Å²) in [6, 6.07) is 78.8. The van der Waals surface area contributed by atoms with Gasteiger partial charge in [0.1, 0.15) is 13.7 Å². The molecule has 1 aliphatic heterocycles. The van der Waals surface area contributed by atoms with E-state index < -0.39 is 8.07 Å². The van der Waals surface area contributed by atoms with Crippen molar-refractivity contribution in [1.82, 2.24) is 18.9 Å². The number of imidazole rings is 1. The Morgan fingerprint density at radius 3 is 1.95 bits per heavy atom. The zero-order chi connectivity index (χ0) is 43.3. The van der Waals surface area contributed by atoms with Crippen LogP contribution in [-0.4, -0.2) is 27.0 Å². The second-order valence-electron chi connectivity index (χ2n) is 17.6. The van der Waals surface area contributed by atoms with Gasteiger partial charge in [0.15, 0.2) is 0 Å². The average molecular weight is 955 g/mol. The summed E-state index contributed by atoms with van der Waals surface area (Å²) in [7, 11) is -3.15. The SMILES string of the molecule is CC1(C)c2ccccc2N(c2ccccc2)c2ccc3c(c21)c1cccnc1n3-c1[c-]c([Si](c2[c-]c3c(cc2)c2ccccc2n2ccnc32)(c2ccccc2)c2ccccc2)ccc1.[Pd+2]. The van der Waals surface area contributed by atoms with E-state index in [1.807, 2.05) is 12.4 Å². The zero-order valence-electron chi connectivity index (χ0n) is 36.3. The fourth-order valence-electron chi connectivity index (χ4n) is 11.1. The molecule has 0 atom stereocenters. The third-order valence-corrected chi connectivity index (χ3v) is 18.5. The van der Waals surface area contributed by atoms with E-state index in [1.165, 1.54) is 43.6 Å². The number of aromatic nitrogens is 4. The van der Waals surface area contributed by atoms with Gasteiger partial charge in [0.05, 0.1) is 22.5 Å². The third kappa shape index (κ3) is 5.67. The van der Waals surface area contributed by atoms with Gasteiger partial charge in [-0.1, -0.05) is 140 Å². The number of nitrogens with zero attached hydrogens (tertiary/aromatic N) is 5. The first-order chi connectivity index (χ1) is 32.0. The third-order valence-electron chi connectivity index (χ3n) is 13.9. The quantitative estimate of drug-likeness (QED) is 0.0721. The number of anilines is 3. The fraction of sp³-hybridized carbons (Fsp3) is 0.0508. The average Bonchev–Trinajstić information content (AvgIpc) is 4.00. The van der Waals surface area contributed by atoms with Crippen molar-refractivity contribution in [3.8, 4) is 5.69 Å². The van der Waals surface area contributed by atoms with Gasteiger partial charge < -0.3 is 13.9 Å². The Balaban J connectivity index is 0.00000456. The van der Waals surface area contributed by atoms with Gasteiger partial charge in [0.25, 0.3) is 0 Å². The van der Waals surface area contributed by atoms with Crippen molar-refractivity contribution in [2.75, 3.05) is 4.90 Å². The Bertz CT molecular complexity index is 3780. The van der Waals surface area contributed by atoms with Crippen LogP contribution in [0.4, 0.5) is 17.1 Å². The Labute approximate surface area is 397 Å². The molecule has 12 aromatic rings. The molecule has 0 N–H and O–H groups in total. The van der Waals surface area contributed by atoms with E-state index in [9.17, 15) is 0 Å². The molecule has 13 rings (SSSR count). The van der Waals surface area contributed by atoms with Crippen LogP contribution in [0.25, 0.3) is 54.9 Å². The first kappa shape index (κ1) is 40.1. The molecule has 8 aromatic carbocycles. The molecule has 0 spiro atoms. The van der Waals surface area contributed by atoms with Crippen LogP contribution in [-0.2, 0) is 25.8 Å². The Hall–Kier alpha value is -7.40. The summed E-state index contributed by atoms with van der Waals surface area (Å²) < 4.78 is 4.54. The number of hydrogen-bond acceptors (Lipinski definition) is 3. The van der Waals surface area contributed by atoms with Crippen LogP contribution in [0.15, 0.2) is 213 Å². The normalized spacial score (nSPS) is 13.3. The van der Waals surface area contributed by atoms with Crippen LogP contribution >= 0.6 is 0 Å². The number of hydrogen-bond donors (Lipinski definition) is 0. The maximum atomic E-state index is 5.19. The van der Waals surface area contributed by atoms with Gasteiger partial charge in [0.2, 0.25) is 0 Å². The van der Waals surface area contributed by atoms with E-state index >= 15 is 0 Å². The van der Waals surface area contributed by atoms with Crippen molar-refractivity contribution in [1.29, 1.82) is 0 Å². The van der Waals surface area contributed by atoms with Crippen molar-refractivity contribution in [3.05, 3.63) is 236 Å². The molecule has 1 aliphatic rings. The standard InChI is InChI=1S/C59H41N5Si.Pd/c1-59(2)50-28-13-15-30-52(50)63(40-18-6-3-7-19-40)54-34-33-53-55(56(54)59)48-27-17-35-60-58(48)64(53)41-20-16-25-44(38-41)65(42-21-8-4-9-22-42,43-23-10-5-11-24-43)45-31-32-46-47-26-12-14-29-51(47)62-37-36-61-57(62)49(46)39-45;/h3-37H,1-2H3;/q-2;+2. The minimum Gasteiger partial charge on any atom is -0.340 e. The molecule has 0 saturated heterocycles. The minimum absolute atomic E-state index is 0. The van der Waals surface area contributed by atoms with Gasteiger partial charge in [-0.25, -0.2) is 4.98 Å². The largest absolute Gasteiger partial charge is 2.00 e. The number of pyridine rings is 2. The van der Waals surface area contributed by atoms with Gasteiger partial charge in [0, 0.05) is 46.0 Å². The number of rotatable bonds is 6. The molecule has 0 radical (unpaired) electrons. The molecule has 4 aromatic heterocycles. The second-order valence-corrected chi connectivity index (χ2v) is 21.3. The molecule has 66 heavy (non-hydrogen) atoms. The number of para-hydroxylation sites is 3. The molecular formula is C59H41N5PdSi. The predicted molar refractivity (Wildman–Crippen MR) is 270 cm³/mol. The molecule has 0 fully saturated rings. The molecule has 0 aliphatic carbocycles. The van der Waals surface area contributed by atoms with Gasteiger partial charge in [-0.05, 0) is 75.4 Å². The van der Waals surface area contributed by atoms with E-state index in [-0.39, 0.29) is 25.8 Å². The topological polar surface area (TPSA) is 38.4 Å². The summed E-state index contributed by atoms with van der Waals surface area (Å²) >= 11 is 0. The molecule has 5 nitrogen and oxygen atoms in total. The Kier molecular flexibility index (Phi) is 9.34. The summed E-state index contributed by atoms with van der Waals surface area (Å²) in [5, 5.41) is 10.4. The van der Waals surface area contributed by atoms with E-state index in [4.69, 9.17) is 9.97 Å². The maximum absolute atomic E-state index is 5.19. The summed E-state index contributed by atoms with van der Waals surface area (Å²) in [6.07, 6.45) is 5.87. The van der Waals surface area contributed by atoms with Gasteiger partial charge in [-0.2, -0.15) is 23.4 Å². The first-order valence-electron chi connectivity index (χ1n) is 22.3. The Morgan fingerprint density at radius 2 is 1.17 bits per heavy atom. The maximum Gasteiger partial charge on any atom is 2.00 e. The van der Waals surface area contributed by atoms with E-state index in [2.05, 4.69) is 240 Å². The van der Waals surface area contributed by atoms with Crippen LogP contribution in [0.5, 0.6) is 0 Å². The van der Waals surface area contributed by atoms with Crippen molar-refractivity contribution in [3.63, 3.8) is 0 Å². The van der Waals surface area contributed by atoms with Crippen LogP contribution in [0, 0.1) is 12.1 Å². The van der Waals surface area contributed by atoms with Crippen LogP contribution < -0.4 is 25.6 Å².